The Bertz CT molecular complexity index is 1240. The molecular formula is C28H27ClN3P. The molecule has 33 heavy (non-hydrogen) atoms. The molecule has 5 aromatic rings. The molecule has 2 aromatic heterocycles. The standard InChI is InChI=1S/C28H27N3P.ClH/c1-3-23-20-19-22(2)31-28(23)29-27(30-31)21-32(24-13-7-4-8-14-24,25-15-9-5-10-16-25)26-17-11-6-12-18-26;/h4-20H,3,21H2,1-2H3;1H/q+1;/p-1. The predicted octanol–water partition coefficient (Wildman–Crippen LogP) is 2.10. The van der Waals surface area contributed by atoms with Crippen LogP contribution >= 0.6 is 7.26 Å². The second kappa shape index (κ2) is 9.87. The molecule has 3 aromatic carbocycles. The minimum Gasteiger partial charge on any atom is -1.00 e. The molecule has 5 heteroatoms. The molecule has 166 valence electrons. The van der Waals surface area contributed by atoms with Crippen molar-refractivity contribution in [2.75, 3.05) is 0 Å². The average Bonchev–Trinajstić information content (AvgIpc) is 3.29. The number of aromatic nitrogens is 3. The van der Waals surface area contributed by atoms with E-state index >= 15 is 0 Å². The molecule has 5 rings (SSSR count). The van der Waals surface area contributed by atoms with Crippen molar-refractivity contribution in [3.8, 4) is 0 Å². The maximum atomic E-state index is 5.09. The van der Waals surface area contributed by atoms with Crippen LogP contribution in [0.3, 0.4) is 0 Å². The summed E-state index contributed by atoms with van der Waals surface area (Å²) in [5.41, 5.74) is 3.33. The number of hydrogen-bond acceptors (Lipinski definition) is 2. The lowest BCUT2D eigenvalue weighted by atomic mass is 10.2. The fraction of sp³-hybridized carbons (Fsp3) is 0.143. The first kappa shape index (κ1) is 23.2. The van der Waals surface area contributed by atoms with E-state index in [9.17, 15) is 0 Å². The van der Waals surface area contributed by atoms with Crippen molar-refractivity contribution in [2.45, 2.75) is 26.4 Å². The third-order valence-electron chi connectivity index (χ3n) is 6.15. The lowest BCUT2D eigenvalue weighted by Crippen LogP contribution is -3.00. The van der Waals surface area contributed by atoms with Crippen molar-refractivity contribution in [3.63, 3.8) is 0 Å². The van der Waals surface area contributed by atoms with Crippen molar-refractivity contribution in [3.05, 3.63) is 120 Å². The summed E-state index contributed by atoms with van der Waals surface area (Å²) in [6, 6.07) is 37.1. The fourth-order valence-corrected chi connectivity index (χ4v) is 8.54. The first-order valence-electron chi connectivity index (χ1n) is 11.1. The zero-order valence-corrected chi connectivity index (χ0v) is 20.5. The summed E-state index contributed by atoms with van der Waals surface area (Å²) >= 11 is 0. The Morgan fingerprint density at radius 3 is 1.64 bits per heavy atom. The van der Waals surface area contributed by atoms with Crippen molar-refractivity contribution < 1.29 is 12.4 Å². The highest BCUT2D eigenvalue weighted by atomic mass is 35.5. The zero-order valence-electron chi connectivity index (χ0n) is 18.9. The van der Waals surface area contributed by atoms with E-state index in [1.165, 1.54) is 21.5 Å². The molecule has 0 spiro atoms. The van der Waals surface area contributed by atoms with Gasteiger partial charge in [0, 0.05) is 5.69 Å². The number of aryl methyl sites for hydroxylation is 2. The molecule has 0 atom stereocenters. The van der Waals surface area contributed by atoms with Gasteiger partial charge in [-0.25, -0.2) is 9.50 Å². The zero-order chi connectivity index (χ0) is 22.0. The predicted molar refractivity (Wildman–Crippen MR) is 136 cm³/mol. The lowest BCUT2D eigenvalue weighted by Gasteiger charge is -2.26. The van der Waals surface area contributed by atoms with Crippen LogP contribution in [0.1, 0.15) is 24.0 Å². The topological polar surface area (TPSA) is 30.2 Å². The van der Waals surface area contributed by atoms with E-state index in [2.05, 4.69) is 117 Å². The van der Waals surface area contributed by atoms with Gasteiger partial charge in [-0.05, 0) is 61.4 Å². The van der Waals surface area contributed by atoms with E-state index < -0.39 is 7.26 Å². The van der Waals surface area contributed by atoms with Gasteiger partial charge in [0.05, 0.1) is 0 Å². The van der Waals surface area contributed by atoms with Crippen LogP contribution in [0, 0.1) is 6.92 Å². The Labute approximate surface area is 202 Å². The van der Waals surface area contributed by atoms with Gasteiger partial charge in [0.1, 0.15) is 29.3 Å². The van der Waals surface area contributed by atoms with Crippen LogP contribution in [-0.4, -0.2) is 14.6 Å². The molecule has 0 aliphatic rings. The molecule has 0 N–H and O–H groups in total. The highest BCUT2D eigenvalue weighted by Gasteiger charge is 2.46. The maximum absolute atomic E-state index is 5.09. The molecular weight excluding hydrogens is 445 g/mol. The lowest BCUT2D eigenvalue weighted by molar-refractivity contribution is -0.00000660. The van der Waals surface area contributed by atoms with E-state index in [4.69, 9.17) is 10.1 Å². The molecule has 0 amide bonds. The van der Waals surface area contributed by atoms with Crippen molar-refractivity contribution in [1.29, 1.82) is 0 Å². The summed E-state index contributed by atoms with van der Waals surface area (Å²) in [5, 5.41) is 9.07. The monoisotopic (exact) mass is 471 g/mol. The van der Waals surface area contributed by atoms with Gasteiger partial charge in [0.25, 0.3) is 0 Å². The van der Waals surface area contributed by atoms with Crippen LogP contribution in [0.4, 0.5) is 0 Å². The third kappa shape index (κ3) is 4.19. The maximum Gasteiger partial charge on any atom is 0.190 e. The quantitative estimate of drug-likeness (QED) is 0.355. The van der Waals surface area contributed by atoms with Gasteiger partial charge in [-0.2, -0.15) is 0 Å². The molecule has 3 nitrogen and oxygen atoms in total. The number of fused-ring (bicyclic) bond motifs is 1. The van der Waals surface area contributed by atoms with Crippen LogP contribution in [0.2, 0.25) is 0 Å². The average molecular weight is 472 g/mol. The van der Waals surface area contributed by atoms with Crippen LogP contribution < -0.4 is 28.3 Å². The Morgan fingerprint density at radius 1 is 0.697 bits per heavy atom. The molecule has 0 saturated carbocycles. The van der Waals surface area contributed by atoms with Gasteiger partial charge in [-0.15, -0.1) is 5.10 Å². The second-order valence-corrected chi connectivity index (χ2v) is 11.6. The molecule has 0 bridgehead atoms. The SMILES string of the molecule is CCc1ccc(C)n2nc(C[P+](c3ccccc3)(c3ccccc3)c3ccccc3)nc12.[Cl-]. The summed E-state index contributed by atoms with van der Waals surface area (Å²) in [5.74, 6) is 0.902. The van der Waals surface area contributed by atoms with Gasteiger partial charge in [0.15, 0.2) is 11.5 Å². The molecule has 0 saturated heterocycles. The van der Waals surface area contributed by atoms with Crippen LogP contribution in [0.15, 0.2) is 103 Å². The number of hydrogen-bond donors (Lipinski definition) is 0. The van der Waals surface area contributed by atoms with E-state index in [-0.39, 0.29) is 12.4 Å². The van der Waals surface area contributed by atoms with E-state index in [0.717, 1.165) is 29.7 Å². The minimum absolute atomic E-state index is 0. The Hall–Kier alpha value is -3.00. The summed E-state index contributed by atoms with van der Waals surface area (Å²) in [7, 11) is -2.01. The summed E-state index contributed by atoms with van der Waals surface area (Å²) in [6.45, 7) is 4.27. The second-order valence-electron chi connectivity index (χ2n) is 8.09. The molecule has 0 aliphatic heterocycles. The Kier molecular flexibility index (Phi) is 6.93. The summed E-state index contributed by atoms with van der Waals surface area (Å²) in [4.78, 5) is 5.09. The number of rotatable bonds is 6. The molecule has 0 unspecified atom stereocenters. The first-order chi connectivity index (χ1) is 15.7. The van der Waals surface area contributed by atoms with Crippen molar-refractivity contribution in [1.82, 2.24) is 14.6 Å². The number of halogens is 1. The van der Waals surface area contributed by atoms with Crippen LogP contribution in [0.5, 0.6) is 0 Å². The van der Waals surface area contributed by atoms with Gasteiger partial charge in [-0.3, -0.25) is 0 Å². The largest absolute Gasteiger partial charge is 1.00 e. The number of pyridine rings is 1. The number of nitrogens with zero attached hydrogens (tertiary/aromatic N) is 3. The highest BCUT2D eigenvalue weighted by Crippen LogP contribution is 2.57. The summed E-state index contributed by atoms with van der Waals surface area (Å²) < 4.78 is 2.02. The first-order valence-corrected chi connectivity index (χ1v) is 13.1. The van der Waals surface area contributed by atoms with Crippen LogP contribution in [-0.2, 0) is 12.6 Å². The normalized spacial score (nSPS) is 11.3. The molecule has 0 radical (unpaired) electrons. The summed E-state index contributed by atoms with van der Waals surface area (Å²) in [6.07, 6.45) is 1.73. The van der Waals surface area contributed by atoms with Gasteiger partial charge in [0.2, 0.25) is 0 Å². The Balaban J connectivity index is 0.00000259. The van der Waals surface area contributed by atoms with E-state index in [1.54, 1.807) is 0 Å². The Morgan fingerprint density at radius 2 is 1.18 bits per heavy atom. The van der Waals surface area contributed by atoms with Gasteiger partial charge >= 0.3 is 0 Å². The van der Waals surface area contributed by atoms with Crippen molar-refractivity contribution in [2.24, 2.45) is 0 Å². The molecule has 0 fully saturated rings. The number of benzene rings is 3. The minimum atomic E-state index is -2.01. The van der Waals surface area contributed by atoms with Crippen LogP contribution in [0.25, 0.3) is 5.65 Å². The third-order valence-corrected chi connectivity index (χ3v) is 10.4. The van der Waals surface area contributed by atoms with Crippen molar-refractivity contribution >= 4 is 28.8 Å². The van der Waals surface area contributed by atoms with Gasteiger partial charge in [-0.1, -0.05) is 67.6 Å². The fourth-order valence-electron chi connectivity index (χ4n) is 4.50. The molecule has 2 heterocycles. The van der Waals surface area contributed by atoms with Gasteiger partial charge < -0.3 is 12.4 Å². The van der Waals surface area contributed by atoms with E-state index in [1.807, 2.05) is 4.52 Å². The highest BCUT2D eigenvalue weighted by molar-refractivity contribution is 7.95. The van der Waals surface area contributed by atoms with E-state index in [0.29, 0.717) is 0 Å². The smallest absolute Gasteiger partial charge is 0.190 e. The molecule has 0 aliphatic carbocycles.